The van der Waals surface area contributed by atoms with Crippen LogP contribution in [0.2, 0.25) is 0 Å². The minimum absolute atomic E-state index is 0.706. The minimum Gasteiger partial charge on any atom is -0.400 e. The zero-order valence-electron chi connectivity index (χ0n) is 5.86. The van der Waals surface area contributed by atoms with Crippen molar-refractivity contribution in [1.82, 2.24) is 5.32 Å². The number of hydrogen-bond acceptors (Lipinski definition) is 3. The molecule has 0 radical (unpaired) electrons. The van der Waals surface area contributed by atoms with Gasteiger partial charge in [-0.1, -0.05) is 6.92 Å². The van der Waals surface area contributed by atoms with Crippen LogP contribution in [0.25, 0.3) is 0 Å². The van der Waals surface area contributed by atoms with Crippen molar-refractivity contribution in [2.24, 2.45) is 5.73 Å². The zero-order chi connectivity index (χ0) is 7.28. The van der Waals surface area contributed by atoms with E-state index in [4.69, 9.17) is 11.1 Å². The molecule has 0 aromatic heterocycles. The molecule has 0 aliphatic rings. The second-order valence-electron chi connectivity index (χ2n) is 1.69. The Kier molecular flexibility index (Phi) is 3.51. The smallest absolute Gasteiger partial charge is 0.0706 e. The molecular formula is C6H13N3. The molecule has 0 aliphatic heterocycles. The molecule has 52 valence electrons. The predicted octanol–water partition coefficient (Wildman–Crippen LogP) is 0.436. The molecule has 0 bridgehead atoms. The van der Waals surface area contributed by atoms with E-state index in [1.54, 1.807) is 7.05 Å². The summed E-state index contributed by atoms with van der Waals surface area (Å²) in [6, 6.07) is 0. The Labute approximate surface area is 55.4 Å². The van der Waals surface area contributed by atoms with E-state index in [9.17, 15) is 0 Å². The van der Waals surface area contributed by atoms with E-state index < -0.39 is 0 Å². The SMILES string of the molecule is CC/C(N)=C(/C=N)NC. The third-order valence-electron chi connectivity index (χ3n) is 1.14. The molecule has 0 saturated heterocycles. The highest BCUT2D eigenvalue weighted by atomic mass is 14.9. The monoisotopic (exact) mass is 127 g/mol. The molecule has 0 aromatic rings. The van der Waals surface area contributed by atoms with Crippen LogP contribution in [0.15, 0.2) is 11.4 Å². The Bertz CT molecular complexity index is 126. The molecule has 3 nitrogen and oxygen atoms in total. The quantitative estimate of drug-likeness (QED) is 0.481. The lowest BCUT2D eigenvalue weighted by atomic mass is 10.3. The molecule has 9 heavy (non-hydrogen) atoms. The maximum absolute atomic E-state index is 6.87. The third kappa shape index (κ3) is 2.17. The van der Waals surface area contributed by atoms with Crippen LogP contribution in [0.5, 0.6) is 0 Å². The summed E-state index contributed by atoms with van der Waals surface area (Å²) in [4.78, 5) is 0. The number of hydrogen-bond donors (Lipinski definition) is 3. The van der Waals surface area contributed by atoms with Gasteiger partial charge in [0.1, 0.15) is 0 Å². The molecule has 0 heterocycles. The van der Waals surface area contributed by atoms with Gasteiger partial charge in [-0.2, -0.15) is 0 Å². The maximum Gasteiger partial charge on any atom is 0.0706 e. The van der Waals surface area contributed by atoms with Gasteiger partial charge in [-0.3, -0.25) is 0 Å². The van der Waals surface area contributed by atoms with Crippen molar-refractivity contribution in [3.05, 3.63) is 11.4 Å². The summed E-state index contributed by atoms with van der Waals surface area (Å²) in [6.07, 6.45) is 2.00. The average Bonchev–Trinajstić information content (AvgIpc) is 1.90. The summed E-state index contributed by atoms with van der Waals surface area (Å²) in [5.41, 5.74) is 6.94. The summed E-state index contributed by atoms with van der Waals surface area (Å²) in [5, 5.41) is 9.68. The largest absolute Gasteiger partial charge is 0.400 e. The zero-order valence-corrected chi connectivity index (χ0v) is 5.86. The first kappa shape index (κ1) is 8.01. The van der Waals surface area contributed by atoms with Crippen molar-refractivity contribution in [3.63, 3.8) is 0 Å². The van der Waals surface area contributed by atoms with Crippen LogP contribution in [0.3, 0.4) is 0 Å². The van der Waals surface area contributed by atoms with Crippen LogP contribution < -0.4 is 11.1 Å². The first-order valence-corrected chi connectivity index (χ1v) is 2.93. The molecule has 0 atom stereocenters. The molecule has 0 spiro atoms. The lowest BCUT2D eigenvalue weighted by molar-refractivity contribution is 0.959. The summed E-state index contributed by atoms with van der Waals surface area (Å²) < 4.78 is 0. The molecular weight excluding hydrogens is 114 g/mol. The fourth-order valence-electron chi connectivity index (χ4n) is 0.516. The molecule has 0 amide bonds. The van der Waals surface area contributed by atoms with Gasteiger partial charge in [-0.25, -0.2) is 0 Å². The second kappa shape index (κ2) is 3.95. The number of rotatable bonds is 3. The highest BCUT2D eigenvalue weighted by Crippen LogP contribution is 1.94. The van der Waals surface area contributed by atoms with E-state index in [1.165, 1.54) is 6.21 Å². The van der Waals surface area contributed by atoms with E-state index in [0.29, 0.717) is 5.70 Å². The average molecular weight is 127 g/mol. The van der Waals surface area contributed by atoms with Gasteiger partial charge in [0.25, 0.3) is 0 Å². The second-order valence-corrected chi connectivity index (χ2v) is 1.69. The Morgan fingerprint density at radius 2 is 2.33 bits per heavy atom. The number of allylic oxidation sites excluding steroid dienone is 2. The van der Waals surface area contributed by atoms with E-state index in [1.807, 2.05) is 6.92 Å². The highest BCUT2D eigenvalue weighted by molar-refractivity contribution is 5.75. The van der Waals surface area contributed by atoms with Gasteiger partial charge < -0.3 is 16.5 Å². The molecule has 0 aromatic carbocycles. The van der Waals surface area contributed by atoms with Crippen LogP contribution in [-0.2, 0) is 0 Å². The fourth-order valence-corrected chi connectivity index (χ4v) is 0.516. The summed E-state index contributed by atoms with van der Waals surface area (Å²) in [7, 11) is 1.75. The van der Waals surface area contributed by atoms with E-state index in [2.05, 4.69) is 5.32 Å². The van der Waals surface area contributed by atoms with Gasteiger partial charge in [0.15, 0.2) is 0 Å². The highest BCUT2D eigenvalue weighted by Gasteiger charge is 1.92. The van der Waals surface area contributed by atoms with Gasteiger partial charge in [0.05, 0.1) is 5.70 Å². The van der Waals surface area contributed by atoms with Gasteiger partial charge in [0, 0.05) is 19.0 Å². The van der Waals surface area contributed by atoms with E-state index >= 15 is 0 Å². The fraction of sp³-hybridized carbons (Fsp3) is 0.500. The van der Waals surface area contributed by atoms with Gasteiger partial charge >= 0.3 is 0 Å². The molecule has 0 saturated carbocycles. The standard InChI is InChI=1S/C6H13N3/c1-3-5(8)6(4-7)9-2/h4,7,9H,3,8H2,1-2H3/b6-5+,7-4?. The summed E-state index contributed by atoms with van der Waals surface area (Å²) in [5.74, 6) is 0. The van der Waals surface area contributed by atoms with Crippen molar-refractivity contribution in [3.8, 4) is 0 Å². The Hall–Kier alpha value is -0.990. The number of nitrogens with one attached hydrogen (secondary N) is 2. The van der Waals surface area contributed by atoms with Crippen molar-refractivity contribution < 1.29 is 0 Å². The lowest BCUT2D eigenvalue weighted by Gasteiger charge is -2.02. The van der Waals surface area contributed by atoms with E-state index in [-0.39, 0.29) is 0 Å². The van der Waals surface area contributed by atoms with Crippen molar-refractivity contribution in [2.45, 2.75) is 13.3 Å². The maximum atomic E-state index is 6.87. The molecule has 0 fully saturated rings. The minimum atomic E-state index is 0.706. The first-order valence-electron chi connectivity index (χ1n) is 2.93. The van der Waals surface area contributed by atoms with Crippen LogP contribution in [0.1, 0.15) is 13.3 Å². The van der Waals surface area contributed by atoms with Crippen molar-refractivity contribution in [1.29, 1.82) is 5.41 Å². The molecule has 4 N–H and O–H groups in total. The van der Waals surface area contributed by atoms with E-state index in [0.717, 1.165) is 12.1 Å². The predicted molar refractivity (Wildman–Crippen MR) is 39.3 cm³/mol. The lowest BCUT2D eigenvalue weighted by Crippen LogP contribution is -2.14. The molecule has 3 heteroatoms. The molecule has 0 aliphatic carbocycles. The number of nitrogens with two attached hydrogens (primary N) is 1. The Morgan fingerprint density at radius 3 is 2.44 bits per heavy atom. The van der Waals surface area contributed by atoms with Crippen LogP contribution >= 0.6 is 0 Å². The van der Waals surface area contributed by atoms with Crippen molar-refractivity contribution in [2.75, 3.05) is 7.05 Å². The molecule has 0 rings (SSSR count). The van der Waals surface area contributed by atoms with Gasteiger partial charge in [0.2, 0.25) is 0 Å². The topological polar surface area (TPSA) is 61.9 Å². The van der Waals surface area contributed by atoms with Gasteiger partial charge in [-0.05, 0) is 6.42 Å². The van der Waals surface area contributed by atoms with Crippen LogP contribution in [0.4, 0.5) is 0 Å². The summed E-state index contributed by atoms with van der Waals surface area (Å²) >= 11 is 0. The van der Waals surface area contributed by atoms with Crippen LogP contribution in [-0.4, -0.2) is 13.3 Å². The normalized spacial score (nSPS) is 12.2. The first-order chi connectivity index (χ1) is 4.26. The van der Waals surface area contributed by atoms with Crippen LogP contribution in [0, 0.1) is 5.41 Å². The van der Waals surface area contributed by atoms with Crippen molar-refractivity contribution >= 4 is 6.21 Å². The molecule has 0 unspecified atom stereocenters. The third-order valence-corrected chi connectivity index (χ3v) is 1.14. The van der Waals surface area contributed by atoms with Gasteiger partial charge in [-0.15, -0.1) is 0 Å². The Morgan fingerprint density at radius 1 is 1.78 bits per heavy atom. The Balaban J connectivity index is 4.18. The summed E-state index contributed by atoms with van der Waals surface area (Å²) in [6.45, 7) is 1.95.